The maximum absolute atomic E-state index is 6.08. The van der Waals surface area contributed by atoms with E-state index in [1.165, 1.54) is 10.8 Å². The molecule has 0 N–H and O–H groups in total. The zero-order chi connectivity index (χ0) is 13.4. The third-order valence-electron chi connectivity index (χ3n) is 2.59. The van der Waals surface area contributed by atoms with Crippen molar-refractivity contribution >= 4 is 40.0 Å². The van der Waals surface area contributed by atoms with Gasteiger partial charge in [0.2, 0.25) is 5.88 Å². The first-order valence-corrected chi connectivity index (χ1v) is 6.90. The summed E-state index contributed by atoms with van der Waals surface area (Å²) < 4.78 is 8.45. The van der Waals surface area contributed by atoms with Crippen LogP contribution in [-0.4, -0.2) is 19.6 Å². The normalized spacial score (nSPS) is 10.9. The van der Waals surface area contributed by atoms with E-state index in [1.807, 2.05) is 31.2 Å². The smallest absolute Gasteiger partial charge is 0.256 e. The van der Waals surface area contributed by atoms with Gasteiger partial charge in [0.15, 0.2) is 0 Å². The van der Waals surface area contributed by atoms with E-state index < -0.39 is 0 Å². The van der Waals surface area contributed by atoms with Gasteiger partial charge in [0, 0.05) is 5.56 Å². The minimum atomic E-state index is 0.362. The average Bonchev–Trinajstić information content (AvgIpc) is 2.85. The van der Waals surface area contributed by atoms with Gasteiger partial charge in [-0.15, -0.1) is 0 Å². The lowest BCUT2D eigenvalue weighted by Crippen LogP contribution is -2.02. The monoisotopic (exact) mass is 386 g/mol. The fourth-order valence-corrected chi connectivity index (χ4v) is 2.28. The van der Waals surface area contributed by atoms with Crippen molar-refractivity contribution in [2.24, 2.45) is 0 Å². The third-order valence-corrected chi connectivity index (χ3v) is 3.85. The van der Waals surface area contributed by atoms with Crippen LogP contribution in [0.3, 0.4) is 0 Å². The Morgan fingerprint density at radius 2 is 2.11 bits per heavy atom. The van der Waals surface area contributed by atoms with E-state index in [2.05, 4.69) is 37.7 Å². The Bertz CT molecular complexity index is 759. The van der Waals surface area contributed by atoms with Crippen LogP contribution in [0.15, 0.2) is 30.6 Å². The molecule has 0 aliphatic rings. The molecule has 0 unspecified atom stereocenters. The van der Waals surface area contributed by atoms with Crippen molar-refractivity contribution in [1.29, 1.82) is 0 Å². The van der Waals surface area contributed by atoms with Crippen molar-refractivity contribution in [1.82, 2.24) is 19.6 Å². The molecule has 1 aromatic carbocycles. The Balaban J connectivity index is 2.17. The molecular formula is C12H8ClIN4O. The van der Waals surface area contributed by atoms with Gasteiger partial charge in [-0.05, 0) is 41.6 Å². The van der Waals surface area contributed by atoms with Crippen molar-refractivity contribution in [3.05, 3.63) is 44.9 Å². The number of fused-ring (bicyclic) bond motifs is 1. The van der Waals surface area contributed by atoms with E-state index in [1.54, 1.807) is 0 Å². The molecule has 0 bridgehead atoms. The zero-order valence-corrected chi connectivity index (χ0v) is 12.8. The summed E-state index contributed by atoms with van der Waals surface area (Å²) in [7, 11) is 0. The van der Waals surface area contributed by atoms with Crippen LogP contribution in [0.2, 0.25) is 5.15 Å². The Morgan fingerprint density at radius 1 is 1.32 bits per heavy atom. The Hall–Kier alpha value is -1.41. The molecule has 0 atom stereocenters. The Labute approximate surface area is 127 Å². The van der Waals surface area contributed by atoms with Crippen LogP contribution in [0, 0.1) is 10.5 Å². The van der Waals surface area contributed by atoms with Crippen LogP contribution >= 0.6 is 34.2 Å². The Morgan fingerprint density at radius 3 is 2.89 bits per heavy atom. The molecule has 2 aromatic heterocycles. The fraction of sp³-hybridized carbons (Fsp3) is 0.0833. The molecule has 3 aromatic rings. The van der Waals surface area contributed by atoms with Gasteiger partial charge < -0.3 is 4.74 Å². The summed E-state index contributed by atoms with van der Waals surface area (Å²) in [6.45, 7) is 1.83. The van der Waals surface area contributed by atoms with Crippen LogP contribution in [0.4, 0.5) is 0 Å². The predicted octanol–water partition coefficient (Wildman–Crippen LogP) is 3.48. The van der Waals surface area contributed by atoms with Crippen molar-refractivity contribution in [3.63, 3.8) is 0 Å². The first-order chi connectivity index (χ1) is 9.16. The maximum Gasteiger partial charge on any atom is 0.256 e. The molecule has 0 saturated carbocycles. The average molecular weight is 387 g/mol. The van der Waals surface area contributed by atoms with Crippen LogP contribution in [0.1, 0.15) is 5.56 Å². The highest BCUT2D eigenvalue weighted by Crippen LogP contribution is 2.31. The molecule has 0 aliphatic carbocycles. The van der Waals surface area contributed by atoms with E-state index >= 15 is 0 Å². The first kappa shape index (κ1) is 12.6. The predicted molar refractivity (Wildman–Crippen MR) is 79.8 cm³/mol. The summed E-state index contributed by atoms with van der Waals surface area (Å²) in [6.07, 6.45) is 1.42. The molecule has 0 saturated heterocycles. The number of hydrogen-bond donors (Lipinski definition) is 0. The summed E-state index contributed by atoms with van der Waals surface area (Å²) in [5.41, 5.74) is 0.722. The molecule has 0 spiro atoms. The maximum atomic E-state index is 6.08. The molecule has 0 radical (unpaired) electrons. The molecule has 96 valence electrons. The summed E-state index contributed by atoms with van der Waals surface area (Å²) in [4.78, 5) is 8.15. The van der Waals surface area contributed by atoms with E-state index in [4.69, 9.17) is 16.3 Å². The molecule has 2 heterocycles. The lowest BCUT2D eigenvalue weighted by molar-refractivity contribution is 0.439. The first-order valence-electron chi connectivity index (χ1n) is 5.45. The molecule has 0 fully saturated rings. The quantitative estimate of drug-likeness (QED) is 0.500. The highest BCUT2D eigenvalue weighted by Gasteiger charge is 2.15. The van der Waals surface area contributed by atoms with E-state index in [0.717, 1.165) is 14.9 Å². The minimum Gasteiger partial charge on any atom is -0.437 e. The molecular weight excluding hydrogens is 379 g/mol. The minimum absolute atomic E-state index is 0.362. The number of nitrogens with zero attached hydrogens (tertiary/aromatic N) is 4. The van der Waals surface area contributed by atoms with Crippen LogP contribution in [0.25, 0.3) is 5.78 Å². The molecule has 19 heavy (non-hydrogen) atoms. The van der Waals surface area contributed by atoms with Gasteiger partial charge in [0.25, 0.3) is 5.78 Å². The highest BCUT2D eigenvalue weighted by molar-refractivity contribution is 14.1. The number of hydrogen-bond acceptors (Lipinski definition) is 4. The van der Waals surface area contributed by atoms with Gasteiger partial charge in [-0.2, -0.15) is 19.6 Å². The van der Waals surface area contributed by atoms with Crippen LogP contribution in [0.5, 0.6) is 11.6 Å². The standard InChI is InChI=1S/C12H8ClIN4O/c1-7-10(13)17-12-15-6-16-18(12)11(7)19-9-5-3-2-4-8(9)14/h2-6H,1H3. The van der Waals surface area contributed by atoms with Gasteiger partial charge in [-0.1, -0.05) is 23.7 Å². The van der Waals surface area contributed by atoms with E-state index in [-0.39, 0.29) is 0 Å². The summed E-state index contributed by atoms with van der Waals surface area (Å²) >= 11 is 8.29. The fourth-order valence-electron chi connectivity index (χ4n) is 1.63. The van der Waals surface area contributed by atoms with Gasteiger partial charge in [-0.25, -0.2) is 0 Å². The van der Waals surface area contributed by atoms with Gasteiger partial charge in [0.1, 0.15) is 17.2 Å². The lowest BCUT2D eigenvalue weighted by atomic mass is 10.3. The van der Waals surface area contributed by atoms with Crippen LogP contribution < -0.4 is 4.74 Å². The van der Waals surface area contributed by atoms with E-state index in [9.17, 15) is 0 Å². The van der Waals surface area contributed by atoms with Gasteiger partial charge >= 0.3 is 0 Å². The molecule has 0 amide bonds. The molecule has 7 heteroatoms. The lowest BCUT2D eigenvalue weighted by Gasteiger charge is -2.11. The van der Waals surface area contributed by atoms with Crippen molar-refractivity contribution in [3.8, 4) is 11.6 Å². The highest BCUT2D eigenvalue weighted by atomic mass is 127. The molecule has 0 aliphatic heterocycles. The topological polar surface area (TPSA) is 52.3 Å². The summed E-state index contributed by atoms with van der Waals surface area (Å²) in [5, 5.41) is 4.47. The summed E-state index contributed by atoms with van der Waals surface area (Å²) in [5.74, 6) is 1.68. The second-order valence-electron chi connectivity index (χ2n) is 3.84. The third kappa shape index (κ3) is 2.25. The SMILES string of the molecule is Cc1c(Cl)nc2ncnn2c1Oc1ccccc1I. The van der Waals surface area contributed by atoms with Gasteiger partial charge in [0.05, 0.1) is 3.57 Å². The molecule has 5 nitrogen and oxygen atoms in total. The molecule has 3 rings (SSSR count). The second kappa shape index (κ2) is 4.93. The zero-order valence-electron chi connectivity index (χ0n) is 9.84. The number of rotatable bonds is 2. The number of benzene rings is 1. The number of aromatic nitrogens is 4. The van der Waals surface area contributed by atoms with Crippen molar-refractivity contribution in [2.45, 2.75) is 6.92 Å². The van der Waals surface area contributed by atoms with Crippen molar-refractivity contribution < 1.29 is 4.74 Å². The van der Waals surface area contributed by atoms with Crippen LogP contribution in [-0.2, 0) is 0 Å². The summed E-state index contributed by atoms with van der Waals surface area (Å²) in [6, 6.07) is 7.71. The second-order valence-corrected chi connectivity index (χ2v) is 5.36. The van der Waals surface area contributed by atoms with E-state index in [0.29, 0.717) is 16.8 Å². The Kier molecular flexibility index (Phi) is 3.28. The largest absolute Gasteiger partial charge is 0.437 e. The van der Waals surface area contributed by atoms with Gasteiger partial charge in [-0.3, -0.25) is 0 Å². The number of para-hydroxylation sites is 1. The number of halogens is 2. The number of ether oxygens (including phenoxy) is 1. The van der Waals surface area contributed by atoms with Crippen molar-refractivity contribution in [2.75, 3.05) is 0 Å².